The van der Waals surface area contributed by atoms with Crippen LogP contribution in [0.2, 0.25) is 0 Å². The average Bonchev–Trinajstić information content (AvgIpc) is 2.45. The van der Waals surface area contributed by atoms with Crippen LogP contribution in [-0.2, 0) is 12.8 Å². The molecule has 0 fully saturated rings. The lowest BCUT2D eigenvalue weighted by atomic mass is 10.0. The number of rotatable bonds is 8. The first-order valence-corrected chi connectivity index (χ1v) is 6.69. The molecule has 0 atom stereocenters. The fourth-order valence-corrected chi connectivity index (χ4v) is 2.17. The highest BCUT2D eigenvalue weighted by atomic mass is 16.4. The number of aryl methyl sites for hydroxylation is 1. The zero-order chi connectivity index (χ0) is 15.1. The van der Waals surface area contributed by atoms with Gasteiger partial charge in [-0.2, -0.15) is 5.10 Å². The van der Waals surface area contributed by atoms with Gasteiger partial charge in [-0.15, -0.1) is 18.3 Å². The highest BCUT2D eigenvalue weighted by Gasteiger charge is 2.23. The normalized spacial score (nSPS) is 10.1. The molecule has 1 rings (SSSR count). The number of aromatic carboxylic acids is 1. The van der Waals surface area contributed by atoms with E-state index in [4.69, 9.17) is 0 Å². The molecule has 1 aromatic rings. The summed E-state index contributed by atoms with van der Waals surface area (Å²) in [6.07, 6.45) is 4.69. The molecule has 0 aromatic carbocycles. The van der Waals surface area contributed by atoms with E-state index >= 15 is 0 Å². The minimum Gasteiger partial charge on any atom is -0.478 e. The predicted octanol–water partition coefficient (Wildman–Crippen LogP) is 2.48. The molecule has 0 unspecified atom stereocenters. The Morgan fingerprint density at radius 1 is 1.20 bits per heavy atom. The van der Waals surface area contributed by atoms with Gasteiger partial charge >= 0.3 is 5.97 Å². The van der Waals surface area contributed by atoms with E-state index in [1.54, 1.807) is 17.1 Å². The molecule has 108 valence electrons. The van der Waals surface area contributed by atoms with E-state index < -0.39 is 5.97 Å². The average molecular weight is 275 g/mol. The van der Waals surface area contributed by atoms with Gasteiger partial charge in [-0.25, -0.2) is 4.79 Å². The highest BCUT2D eigenvalue weighted by molar-refractivity contribution is 5.95. The first-order valence-electron chi connectivity index (χ1n) is 6.69. The minimum atomic E-state index is -0.973. The summed E-state index contributed by atoms with van der Waals surface area (Å²) in [6.45, 7) is 12.2. The molecule has 20 heavy (non-hydrogen) atoms. The van der Waals surface area contributed by atoms with Crippen LogP contribution in [0.3, 0.4) is 0 Å². The van der Waals surface area contributed by atoms with Gasteiger partial charge in [-0.3, -0.25) is 0 Å². The fraction of sp³-hybridized carbons (Fsp3) is 0.400. The second-order valence-corrected chi connectivity index (χ2v) is 4.32. The summed E-state index contributed by atoms with van der Waals surface area (Å²) in [7, 11) is 0. The number of hydrogen-bond acceptors (Lipinski definition) is 4. The van der Waals surface area contributed by atoms with Crippen LogP contribution in [0.25, 0.3) is 0 Å². The van der Waals surface area contributed by atoms with E-state index in [1.807, 2.05) is 13.8 Å². The number of nitrogens with zero attached hydrogens (tertiary/aromatic N) is 3. The van der Waals surface area contributed by atoms with E-state index in [0.29, 0.717) is 31.7 Å². The Balaban J connectivity index is 3.47. The van der Waals surface area contributed by atoms with Gasteiger partial charge < -0.3 is 10.0 Å². The minimum absolute atomic E-state index is 0.239. The molecule has 0 amide bonds. The van der Waals surface area contributed by atoms with E-state index in [1.165, 1.54) is 0 Å². The molecule has 5 nitrogen and oxygen atoms in total. The lowest BCUT2D eigenvalue weighted by Gasteiger charge is -2.23. The molecular weight excluding hydrogens is 254 g/mol. The Bertz CT molecular complexity index is 502. The Kier molecular flexibility index (Phi) is 5.90. The van der Waals surface area contributed by atoms with Crippen molar-refractivity contribution in [2.24, 2.45) is 0 Å². The van der Waals surface area contributed by atoms with Crippen LogP contribution in [0.5, 0.6) is 0 Å². The van der Waals surface area contributed by atoms with Gasteiger partial charge in [-0.1, -0.05) is 26.0 Å². The third-order valence-corrected chi connectivity index (χ3v) is 3.04. The number of hydrogen-bond donors (Lipinski definition) is 1. The van der Waals surface area contributed by atoms with Crippen molar-refractivity contribution in [3.05, 3.63) is 42.1 Å². The summed E-state index contributed by atoms with van der Waals surface area (Å²) in [5.41, 5.74) is 1.73. The Hall–Kier alpha value is -2.17. The Morgan fingerprint density at radius 2 is 1.80 bits per heavy atom. The van der Waals surface area contributed by atoms with Crippen LogP contribution >= 0.6 is 0 Å². The van der Waals surface area contributed by atoms with Crippen LogP contribution in [0.15, 0.2) is 25.3 Å². The summed E-state index contributed by atoms with van der Waals surface area (Å²) in [4.78, 5) is 13.4. The van der Waals surface area contributed by atoms with Crippen LogP contribution in [0, 0.1) is 0 Å². The zero-order valence-electron chi connectivity index (χ0n) is 12.1. The summed E-state index contributed by atoms with van der Waals surface area (Å²) < 4.78 is 0. The maximum atomic E-state index is 11.6. The van der Waals surface area contributed by atoms with Crippen molar-refractivity contribution in [1.29, 1.82) is 0 Å². The third-order valence-electron chi connectivity index (χ3n) is 3.04. The van der Waals surface area contributed by atoms with Gasteiger partial charge in [0.05, 0.1) is 5.69 Å². The van der Waals surface area contributed by atoms with E-state index in [-0.39, 0.29) is 5.56 Å². The lowest BCUT2D eigenvalue weighted by molar-refractivity contribution is 0.0695. The van der Waals surface area contributed by atoms with Crippen molar-refractivity contribution in [2.45, 2.75) is 26.7 Å². The number of carboxylic acid groups (broad SMARTS) is 1. The van der Waals surface area contributed by atoms with Crippen LogP contribution in [0.4, 0.5) is 5.82 Å². The maximum Gasteiger partial charge on any atom is 0.339 e. The number of anilines is 1. The molecule has 1 N–H and O–H groups in total. The van der Waals surface area contributed by atoms with E-state index in [9.17, 15) is 9.90 Å². The predicted molar refractivity (Wildman–Crippen MR) is 80.4 cm³/mol. The summed E-state index contributed by atoms with van der Waals surface area (Å²) >= 11 is 0. The van der Waals surface area contributed by atoms with Crippen molar-refractivity contribution < 1.29 is 9.90 Å². The van der Waals surface area contributed by atoms with Crippen molar-refractivity contribution >= 4 is 11.8 Å². The van der Waals surface area contributed by atoms with Gasteiger partial charge in [0.15, 0.2) is 5.82 Å². The summed E-state index contributed by atoms with van der Waals surface area (Å²) in [6, 6.07) is 0. The van der Waals surface area contributed by atoms with Crippen molar-refractivity contribution in [3.8, 4) is 0 Å². The first-order chi connectivity index (χ1) is 9.60. The molecule has 0 spiro atoms. The molecule has 0 aliphatic carbocycles. The number of carbonyl (C=O) groups is 1. The van der Waals surface area contributed by atoms with Crippen molar-refractivity contribution in [1.82, 2.24) is 10.2 Å². The van der Waals surface area contributed by atoms with Crippen LogP contribution in [0.1, 0.15) is 35.5 Å². The zero-order valence-corrected chi connectivity index (χ0v) is 12.1. The van der Waals surface area contributed by atoms with Gasteiger partial charge in [0, 0.05) is 13.1 Å². The summed E-state index contributed by atoms with van der Waals surface area (Å²) in [5, 5.41) is 17.8. The van der Waals surface area contributed by atoms with Gasteiger partial charge in [0.25, 0.3) is 0 Å². The Morgan fingerprint density at radius 3 is 2.20 bits per heavy atom. The highest BCUT2D eigenvalue weighted by Crippen LogP contribution is 2.24. The molecule has 0 saturated heterocycles. The molecule has 0 radical (unpaired) electrons. The monoisotopic (exact) mass is 275 g/mol. The van der Waals surface area contributed by atoms with Gasteiger partial charge in [-0.05, 0) is 18.4 Å². The first kappa shape index (κ1) is 15.9. The number of carboxylic acids is 1. The topological polar surface area (TPSA) is 66.3 Å². The van der Waals surface area contributed by atoms with Crippen LogP contribution < -0.4 is 4.90 Å². The standard InChI is InChI=1S/C15H21N3O2/c1-5-9-18(10-6-2)14-13(15(19)20)11(7-3)12(8-4)16-17-14/h5-6H,1-2,7-10H2,3-4H3,(H,19,20). The second-order valence-electron chi connectivity index (χ2n) is 4.32. The van der Waals surface area contributed by atoms with Gasteiger partial charge in [0.1, 0.15) is 5.56 Å². The molecular formula is C15H21N3O2. The molecule has 0 aliphatic rings. The molecule has 1 aromatic heterocycles. The molecule has 5 heteroatoms. The quantitative estimate of drug-likeness (QED) is 0.738. The van der Waals surface area contributed by atoms with Crippen molar-refractivity contribution in [3.63, 3.8) is 0 Å². The Labute approximate surface area is 119 Å². The molecule has 0 bridgehead atoms. The van der Waals surface area contributed by atoms with E-state index in [0.717, 1.165) is 11.3 Å². The smallest absolute Gasteiger partial charge is 0.339 e. The largest absolute Gasteiger partial charge is 0.478 e. The second kappa shape index (κ2) is 7.43. The van der Waals surface area contributed by atoms with Gasteiger partial charge in [0.2, 0.25) is 0 Å². The third kappa shape index (κ3) is 3.23. The maximum absolute atomic E-state index is 11.6. The molecule has 0 aliphatic heterocycles. The number of aromatic nitrogens is 2. The van der Waals surface area contributed by atoms with Crippen molar-refractivity contribution in [2.75, 3.05) is 18.0 Å². The van der Waals surface area contributed by atoms with Crippen LogP contribution in [-0.4, -0.2) is 34.4 Å². The molecule has 0 saturated carbocycles. The van der Waals surface area contributed by atoms with E-state index in [2.05, 4.69) is 23.4 Å². The molecule has 1 heterocycles. The lowest BCUT2D eigenvalue weighted by Crippen LogP contribution is -2.28. The fourth-order valence-electron chi connectivity index (χ4n) is 2.17. The summed E-state index contributed by atoms with van der Waals surface area (Å²) in [5.74, 6) is -0.592. The SMILES string of the molecule is C=CCN(CC=C)c1nnc(CC)c(CC)c1C(=O)O.